The van der Waals surface area contributed by atoms with Crippen LogP contribution in [0, 0.1) is 5.82 Å². The van der Waals surface area contributed by atoms with E-state index >= 15 is 4.39 Å². The van der Waals surface area contributed by atoms with Crippen LogP contribution in [-0.2, 0) is 22.6 Å². The zero-order valence-electron chi connectivity index (χ0n) is 13.7. The van der Waals surface area contributed by atoms with Gasteiger partial charge in [-0.25, -0.2) is 8.78 Å². The van der Waals surface area contributed by atoms with E-state index < -0.39 is 29.6 Å². The Kier molecular flexibility index (Phi) is 4.96. The number of pyridine rings is 1. The number of nitrogens with zero attached hydrogens (tertiary/aromatic N) is 1. The molecule has 8 heteroatoms. The predicted molar refractivity (Wildman–Crippen MR) is 90.5 cm³/mol. The van der Waals surface area contributed by atoms with E-state index in [0.29, 0.717) is 5.56 Å². The van der Waals surface area contributed by atoms with Crippen LogP contribution < -0.4 is 5.32 Å². The van der Waals surface area contributed by atoms with Gasteiger partial charge < -0.3 is 15.5 Å². The minimum absolute atomic E-state index is 0.0498. The van der Waals surface area contributed by atoms with Crippen molar-refractivity contribution in [3.8, 4) is 0 Å². The van der Waals surface area contributed by atoms with Crippen molar-refractivity contribution in [2.45, 2.75) is 30.7 Å². The Labute approximate surface area is 153 Å². The molecule has 0 bridgehead atoms. The molecule has 1 aliphatic carbocycles. The fourth-order valence-corrected chi connectivity index (χ4v) is 3.33. The summed E-state index contributed by atoms with van der Waals surface area (Å²) in [5.41, 5.74) is -3.78. The summed E-state index contributed by atoms with van der Waals surface area (Å²) < 4.78 is 28.7. The molecular formula is C18H17ClF2N2O3. The number of aliphatic hydroxyl groups is 2. The Bertz CT molecular complexity index is 851. The normalized spacial score (nSPS) is 24.8. The molecule has 1 heterocycles. The number of hydrogen-bond acceptors (Lipinski definition) is 4. The molecule has 3 rings (SSSR count). The van der Waals surface area contributed by atoms with Crippen LogP contribution in [0.5, 0.6) is 0 Å². The Morgan fingerprint density at radius 1 is 1.35 bits per heavy atom. The first-order chi connectivity index (χ1) is 12.3. The molecule has 2 unspecified atom stereocenters. The summed E-state index contributed by atoms with van der Waals surface area (Å²) in [5.74, 6) is -1.42. The monoisotopic (exact) mass is 382 g/mol. The number of hydrogen-bond donors (Lipinski definition) is 3. The summed E-state index contributed by atoms with van der Waals surface area (Å²) in [7, 11) is 0. The first-order valence-corrected chi connectivity index (χ1v) is 8.38. The van der Waals surface area contributed by atoms with Crippen molar-refractivity contribution in [3.63, 3.8) is 0 Å². The molecule has 2 aromatic rings. The standard InChI is InChI=1S/C18H17ClF2N2O3/c19-14-8-12(20)4-3-11(14)9-23-16(25)18(21)6-5-17(26,10-24)15-13(18)2-1-7-22-15/h1-4,7-8,24,26H,5-6,9-10H2,(H,23,25). The van der Waals surface area contributed by atoms with Crippen LogP contribution in [0.25, 0.3) is 0 Å². The molecule has 3 N–H and O–H groups in total. The number of carbonyl (C=O) groups is 1. The number of halogens is 3. The molecule has 2 atom stereocenters. The van der Waals surface area contributed by atoms with E-state index in [1.165, 1.54) is 30.5 Å². The molecule has 1 aromatic carbocycles. The second-order valence-electron chi connectivity index (χ2n) is 6.31. The number of fused-ring (bicyclic) bond motifs is 1. The van der Waals surface area contributed by atoms with Gasteiger partial charge in [0, 0.05) is 23.3 Å². The average molecular weight is 383 g/mol. The minimum atomic E-state index is -2.41. The molecule has 0 aliphatic heterocycles. The van der Waals surface area contributed by atoms with E-state index in [4.69, 9.17) is 11.6 Å². The van der Waals surface area contributed by atoms with Crippen LogP contribution in [0.3, 0.4) is 0 Å². The van der Waals surface area contributed by atoms with Gasteiger partial charge in [-0.1, -0.05) is 23.7 Å². The molecule has 5 nitrogen and oxygen atoms in total. The van der Waals surface area contributed by atoms with Gasteiger partial charge in [0.2, 0.25) is 5.67 Å². The van der Waals surface area contributed by atoms with Gasteiger partial charge >= 0.3 is 0 Å². The lowest BCUT2D eigenvalue weighted by atomic mass is 9.74. The Morgan fingerprint density at radius 2 is 2.12 bits per heavy atom. The summed E-state index contributed by atoms with van der Waals surface area (Å²) in [5, 5.41) is 22.5. The second kappa shape index (κ2) is 6.90. The lowest BCUT2D eigenvalue weighted by molar-refractivity contribution is -0.138. The van der Waals surface area contributed by atoms with Gasteiger partial charge in [0.05, 0.1) is 12.3 Å². The third-order valence-corrected chi connectivity index (χ3v) is 4.99. The molecule has 1 aliphatic rings. The fourth-order valence-electron chi connectivity index (χ4n) is 3.10. The van der Waals surface area contributed by atoms with Crippen LogP contribution in [-0.4, -0.2) is 27.7 Å². The summed E-state index contributed by atoms with van der Waals surface area (Å²) in [6.07, 6.45) is 0.891. The van der Waals surface area contributed by atoms with E-state index in [0.717, 1.165) is 6.07 Å². The zero-order valence-corrected chi connectivity index (χ0v) is 14.4. The SMILES string of the molecule is O=C(NCc1ccc(F)cc1Cl)C1(F)CCC(O)(CO)c2ncccc21. The van der Waals surface area contributed by atoms with Crippen LogP contribution in [0.15, 0.2) is 36.5 Å². The highest BCUT2D eigenvalue weighted by atomic mass is 35.5. The van der Waals surface area contributed by atoms with Crippen molar-refractivity contribution < 1.29 is 23.8 Å². The van der Waals surface area contributed by atoms with Crippen molar-refractivity contribution in [2.75, 3.05) is 6.61 Å². The van der Waals surface area contributed by atoms with E-state index in [1.54, 1.807) is 0 Å². The predicted octanol–water partition coefficient (Wildman–Crippen LogP) is 2.33. The summed E-state index contributed by atoms with van der Waals surface area (Å²) >= 11 is 5.91. The number of carbonyl (C=O) groups excluding carboxylic acids is 1. The number of rotatable bonds is 4. The minimum Gasteiger partial charge on any atom is -0.393 e. The maximum absolute atomic E-state index is 15.6. The highest BCUT2D eigenvalue weighted by molar-refractivity contribution is 6.31. The molecule has 0 saturated carbocycles. The fraction of sp³-hybridized carbons (Fsp3) is 0.333. The van der Waals surface area contributed by atoms with Gasteiger partial charge in [-0.2, -0.15) is 0 Å². The molecule has 1 amide bonds. The third kappa shape index (κ3) is 3.18. The van der Waals surface area contributed by atoms with E-state index in [2.05, 4.69) is 10.3 Å². The third-order valence-electron chi connectivity index (χ3n) is 4.63. The quantitative estimate of drug-likeness (QED) is 0.758. The molecule has 0 spiro atoms. The topological polar surface area (TPSA) is 82.5 Å². The lowest BCUT2D eigenvalue weighted by Gasteiger charge is -2.38. The maximum atomic E-state index is 15.6. The van der Waals surface area contributed by atoms with Gasteiger partial charge in [0.25, 0.3) is 5.91 Å². The van der Waals surface area contributed by atoms with Gasteiger partial charge in [-0.15, -0.1) is 0 Å². The number of benzene rings is 1. The Hall–Kier alpha value is -2.09. The molecule has 138 valence electrons. The lowest BCUT2D eigenvalue weighted by Crippen LogP contribution is -2.49. The summed E-state index contributed by atoms with van der Waals surface area (Å²) in [6.45, 7) is -0.705. The molecule has 1 aromatic heterocycles. The first-order valence-electron chi connectivity index (χ1n) is 8.00. The number of amides is 1. The number of aromatic nitrogens is 1. The van der Waals surface area contributed by atoms with E-state index in [1.807, 2.05) is 0 Å². The number of alkyl halides is 1. The molecular weight excluding hydrogens is 366 g/mol. The van der Waals surface area contributed by atoms with Crippen molar-refractivity contribution >= 4 is 17.5 Å². The second-order valence-corrected chi connectivity index (χ2v) is 6.72. The van der Waals surface area contributed by atoms with Crippen LogP contribution in [0.4, 0.5) is 8.78 Å². The summed E-state index contributed by atoms with van der Waals surface area (Å²) in [4.78, 5) is 16.5. The van der Waals surface area contributed by atoms with E-state index in [9.17, 15) is 19.4 Å². The maximum Gasteiger partial charge on any atom is 0.262 e. The summed E-state index contributed by atoms with van der Waals surface area (Å²) in [6, 6.07) is 6.53. The zero-order chi connectivity index (χ0) is 18.9. The molecule has 0 fully saturated rings. The van der Waals surface area contributed by atoms with E-state index in [-0.39, 0.29) is 35.7 Å². The highest BCUT2D eigenvalue weighted by Crippen LogP contribution is 2.45. The number of nitrogens with one attached hydrogen (secondary N) is 1. The van der Waals surface area contributed by atoms with Crippen molar-refractivity contribution in [2.24, 2.45) is 0 Å². The van der Waals surface area contributed by atoms with Gasteiger partial charge in [0.15, 0.2) is 0 Å². The average Bonchev–Trinajstić information content (AvgIpc) is 2.64. The Balaban J connectivity index is 1.85. The van der Waals surface area contributed by atoms with Gasteiger partial charge in [-0.05, 0) is 36.6 Å². The van der Waals surface area contributed by atoms with Crippen LogP contribution >= 0.6 is 11.6 Å². The number of aliphatic hydroxyl groups excluding tert-OH is 1. The van der Waals surface area contributed by atoms with Crippen LogP contribution in [0.1, 0.15) is 29.7 Å². The van der Waals surface area contributed by atoms with Crippen molar-refractivity contribution in [1.29, 1.82) is 0 Å². The highest BCUT2D eigenvalue weighted by Gasteiger charge is 2.51. The molecule has 0 radical (unpaired) electrons. The Morgan fingerprint density at radius 3 is 2.81 bits per heavy atom. The van der Waals surface area contributed by atoms with Crippen LogP contribution in [0.2, 0.25) is 5.02 Å². The van der Waals surface area contributed by atoms with Crippen molar-refractivity contribution in [1.82, 2.24) is 10.3 Å². The van der Waals surface area contributed by atoms with Gasteiger partial charge in [-0.3, -0.25) is 9.78 Å². The molecule has 0 saturated heterocycles. The molecule has 26 heavy (non-hydrogen) atoms. The smallest absolute Gasteiger partial charge is 0.262 e. The van der Waals surface area contributed by atoms with Crippen molar-refractivity contribution in [3.05, 3.63) is 64.2 Å². The van der Waals surface area contributed by atoms with Gasteiger partial charge in [0.1, 0.15) is 11.4 Å². The largest absolute Gasteiger partial charge is 0.393 e. The first kappa shape index (κ1) is 18.7.